The predicted molar refractivity (Wildman–Crippen MR) is 89.2 cm³/mol. The summed E-state index contributed by atoms with van der Waals surface area (Å²) in [5, 5.41) is 13.2. The molecule has 0 unspecified atom stereocenters. The Morgan fingerprint density at radius 2 is 2.26 bits per heavy atom. The number of ether oxygens (including phenoxy) is 1. The van der Waals surface area contributed by atoms with E-state index >= 15 is 0 Å². The van der Waals surface area contributed by atoms with Crippen molar-refractivity contribution in [3.63, 3.8) is 0 Å². The molecule has 7 heteroatoms. The molecular formula is C16H15Cl2N3O2. The van der Waals surface area contributed by atoms with E-state index in [4.69, 9.17) is 33.2 Å². The third kappa shape index (κ3) is 2.62. The number of aromatic nitrogens is 1. The summed E-state index contributed by atoms with van der Waals surface area (Å²) in [6.45, 7) is 2.43. The first-order chi connectivity index (χ1) is 11.1. The van der Waals surface area contributed by atoms with E-state index in [1.165, 1.54) is 0 Å². The van der Waals surface area contributed by atoms with Crippen molar-refractivity contribution in [3.05, 3.63) is 27.4 Å². The molecule has 3 rings (SSSR count). The van der Waals surface area contributed by atoms with E-state index in [0.717, 1.165) is 16.6 Å². The van der Waals surface area contributed by atoms with Crippen LogP contribution < -0.4 is 10.1 Å². The Balaban J connectivity index is 2.32. The fraction of sp³-hybridized carbons (Fsp3) is 0.375. The summed E-state index contributed by atoms with van der Waals surface area (Å²) in [7, 11) is 0. The highest BCUT2D eigenvalue weighted by Crippen LogP contribution is 2.44. The van der Waals surface area contributed by atoms with Crippen LogP contribution in [0.25, 0.3) is 10.9 Å². The van der Waals surface area contributed by atoms with Gasteiger partial charge < -0.3 is 15.0 Å². The molecule has 120 valence electrons. The molecule has 1 aliphatic rings. The number of rotatable bonds is 3. The minimum atomic E-state index is -0.289. The van der Waals surface area contributed by atoms with Crippen molar-refractivity contribution in [3.8, 4) is 11.8 Å². The molecule has 1 aromatic heterocycles. The van der Waals surface area contributed by atoms with Crippen molar-refractivity contribution in [2.45, 2.75) is 25.7 Å². The average Bonchev–Trinajstić information content (AvgIpc) is 2.82. The number of hydrogen-bond donors (Lipinski definition) is 2. The van der Waals surface area contributed by atoms with Crippen molar-refractivity contribution in [2.24, 2.45) is 0 Å². The largest absolute Gasteiger partial charge is 0.478 e. The van der Waals surface area contributed by atoms with E-state index in [-0.39, 0.29) is 18.4 Å². The number of nitriles is 1. The van der Waals surface area contributed by atoms with Gasteiger partial charge in [-0.15, -0.1) is 0 Å². The zero-order valence-corrected chi connectivity index (χ0v) is 14.0. The Morgan fingerprint density at radius 1 is 1.48 bits per heavy atom. The zero-order valence-electron chi connectivity index (χ0n) is 12.5. The van der Waals surface area contributed by atoms with Gasteiger partial charge in [-0.2, -0.15) is 5.26 Å². The number of carbonyl (C=O) groups is 1. The van der Waals surface area contributed by atoms with Gasteiger partial charge in [0.2, 0.25) is 5.91 Å². The Kier molecular flexibility index (Phi) is 4.38. The molecule has 0 saturated heterocycles. The summed E-state index contributed by atoms with van der Waals surface area (Å²) in [5.74, 6) is 0.175. The van der Waals surface area contributed by atoms with Gasteiger partial charge in [-0.25, -0.2) is 0 Å². The summed E-state index contributed by atoms with van der Waals surface area (Å²) in [6, 6.07) is 3.55. The fourth-order valence-electron chi connectivity index (χ4n) is 3.12. The lowest BCUT2D eigenvalue weighted by Crippen LogP contribution is -2.28. The van der Waals surface area contributed by atoms with Crippen LogP contribution >= 0.6 is 23.2 Å². The van der Waals surface area contributed by atoms with Crippen LogP contribution in [0.5, 0.6) is 5.75 Å². The molecule has 1 amide bonds. The summed E-state index contributed by atoms with van der Waals surface area (Å²) >= 11 is 12.5. The van der Waals surface area contributed by atoms with Crippen LogP contribution in [-0.4, -0.2) is 24.0 Å². The SMILES string of the molecule is CC[C@@H]1C(=O)NCCc2[nH]c3c(Cl)c(Cl)cc(OCC#N)c3c21. The van der Waals surface area contributed by atoms with E-state index in [1.807, 2.05) is 13.0 Å². The number of aromatic amines is 1. The summed E-state index contributed by atoms with van der Waals surface area (Å²) in [5.41, 5.74) is 2.51. The Bertz CT molecular complexity index is 823. The number of hydrogen-bond acceptors (Lipinski definition) is 3. The molecule has 2 N–H and O–H groups in total. The minimum absolute atomic E-state index is 0.00976. The van der Waals surface area contributed by atoms with E-state index in [1.54, 1.807) is 6.07 Å². The maximum atomic E-state index is 12.3. The van der Waals surface area contributed by atoms with Crippen molar-refractivity contribution in [1.29, 1.82) is 5.26 Å². The highest BCUT2D eigenvalue weighted by atomic mass is 35.5. The van der Waals surface area contributed by atoms with Crippen LogP contribution in [0.1, 0.15) is 30.5 Å². The molecule has 0 fully saturated rings. The first-order valence-corrected chi connectivity index (χ1v) is 8.14. The van der Waals surface area contributed by atoms with Gasteiger partial charge >= 0.3 is 0 Å². The van der Waals surface area contributed by atoms with Gasteiger partial charge in [0.15, 0.2) is 6.61 Å². The molecule has 0 bridgehead atoms. The number of fused-ring (bicyclic) bond motifs is 3. The second-order valence-electron chi connectivity index (χ2n) is 5.39. The lowest BCUT2D eigenvalue weighted by Gasteiger charge is -2.14. The van der Waals surface area contributed by atoms with Crippen molar-refractivity contribution in [2.75, 3.05) is 13.2 Å². The van der Waals surface area contributed by atoms with Gasteiger partial charge in [0.05, 0.1) is 21.5 Å². The third-order valence-electron chi connectivity index (χ3n) is 4.09. The summed E-state index contributed by atoms with van der Waals surface area (Å²) in [4.78, 5) is 15.6. The first kappa shape index (κ1) is 16.0. The summed E-state index contributed by atoms with van der Waals surface area (Å²) in [6.07, 6.45) is 1.33. The quantitative estimate of drug-likeness (QED) is 0.887. The van der Waals surface area contributed by atoms with Crippen molar-refractivity contribution >= 4 is 40.0 Å². The highest BCUT2D eigenvalue weighted by Gasteiger charge is 2.30. The lowest BCUT2D eigenvalue weighted by atomic mass is 9.92. The standard InChI is InChI=1S/C16H15Cl2N3O2/c1-2-8-12-10(3-5-20-16(8)22)21-15-13(12)11(23-6-4-19)7-9(17)14(15)18/h7-8,21H,2-3,5-6H2,1H3,(H,20,22)/t8-/m0/s1. The van der Waals surface area contributed by atoms with Crippen LogP contribution in [0, 0.1) is 11.3 Å². The first-order valence-electron chi connectivity index (χ1n) is 7.38. The minimum Gasteiger partial charge on any atom is -0.478 e. The highest BCUT2D eigenvalue weighted by molar-refractivity contribution is 6.45. The number of nitrogens with zero attached hydrogens (tertiary/aromatic N) is 1. The molecule has 2 aromatic rings. The molecule has 0 radical (unpaired) electrons. The van der Waals surface area contributed by atoms with E-state index in [2.05, 4.69) is 10.3 Å². The molecule has 1 atom stereocenters. The Morgan fingerprint density at radius 3 is 2.96 bits per heavy atom. The monoisotopic (exact) mass is 351 g/mol. The number of nitrogens with one attached hydrogen (secondary N) is 2. The smallest absolute Gasteiger partial charge is 0.227 e. The second-order valence-corrected chi connectivity index (χ2v) is 6.17. The van der Waals surface area contributed by atoms with Gasteiger partial charge in [-0.05, 0) is 12.0 Å². The van der Waals surface area contributed by atoms with Gasteiger partial charge in [0.1, 0.15) is 11.8 Å². The molecular weight excluding hydrogens is 337 g/mol. The lowest BCUT2D eigenvalue weighted by molar-refractivity contribution is -0.122. The number of benzene rings is 1. The number of H-pyrrole nitrogens is 1. The van der Waals surface area contributed by atoms with Gasteiger partial charge in [-0.3, -0.25) is 4.79 Å². The van der Waals surface area contributed by atoms with Crippen LogP contribution in [0.15, 0.2) is 6.07 Å². The van der Waals surface area contributed by atoms with E-state index < -0.39 is 0 Å². The molecule has 1 aromatic carbocycles. The average molecular weight is 352 g/mol. The van der Waals surface area contributed by atoms with Crippen LogP contribution in [0.3, 0.4) is 0 Å². The molecule has 5 nitrogen and oxygen atoms in total. The van der Waals surface area contributed by atoms with Crippen molar-refractivity contribution < 1.29 is 9.53 Å². The molecule has 0 spiro atoms. The topological polar surface area (TPSA) is 77.9 Å². The van der Waals surface area contributed by atoms with Gasteiger partial charge in [0, 0.05) is 30.1 Å². The molecule has 23 heavy (non-hydrogen) atoms. The van der Waals surface area contributed by atoms with Crippen LogP contribution in [-0.2, 0) is 11.2 Å². The Hall–Kier alpha value is -1.90. The molecule has 1 aliphatic heterocycles. The maximum absolute atomic E-state index is 12.3. The third-order valence-corrected chi connectivity index (χ3v) is 4.88. The normalized spacial score (nSPS) is 17.3. The summed E-state index contributed by atoms with van der Waals surface area (Å²) < 4.78 is 5.54. The van der Waals surface area contributed by atoms with E-state index in [9.17, 15) is 4.79 Å². The molecule has 0 saturated carbocycles. The van der Waals surface area contributed by atoms with E-state index in [0.29, 0.717) is 40.7 Å². The fourth-order valence-corrected chi connectivity index (χ4v) is 3.51. The molecule has 0 aliphatic carbocycles. The van der Waals surface area contributed by atoms with Crippen LogP contribution in [0.4, 0.5) is 0 Å². The maximum Gasteiger partial charge on any atom is 0.227 e. The van der Waals surface area contributed by atoms with Gasteiger partial charge in [-0.1, -0.05) is 30.1 Å². The number of amides is 1. The predicted octanol–water partition coefficient (Wildman–Crippen LogP) is 3.54. The van der Waals surface area contributed by atoms with Gasteiger partial charge in [0.25, 0.3) is 0 Å². The molecule has 2 heterocycles. The Labute approximate surface area is 143 Å². The number of halogens is 2. The zero-order chi connectivity index (χ0) is 16.6. The van der Waals surface area contributed by atoms with Crippen molar-refractivity contribution in [1.82, 2.24) is 10.3 Å². The second kappa shape index (κ2) is 6.31. The number of carbonyl (C=O) groups excluding carboxylic acids is 1. The van der Waals surface area contributed by atoms with Crippen LogP contribution in [0.2, 0.25) is 10.0 Å².